The van der Waals surface area contributed by atoms with Crippen LogP contribution >= 0.6 is 0 Å². The standard InChI is InChI=1S/C12H17FN2O/c13-10-5-4-6-11(15-10)14-9-12(16)7-2-1-3-8-12/h4-6,16H,1-3,7-9H2,(H,14,15). The first-order valence-corrected chi connectivity index (χ1v) is 5.77. The monoisotopic (exact) mass is 224 g/mol. The highest BCUT2D eigenvalue weighted by Gasteiger charge is 2.28. The highest BCUT2D eigenvalue weighted by Crippen LogP contribution is 2.28. The number of halogens is 1. The van der Waals surface area contributed by atoms with E-state index in [-0.39, 0.29) is 0 Å². The van der Waals surface area contributed by atoms with E-state index in [1.807, 2.05) is 0 Å². The molecule has 0 spiro atoms. The van der Waals surface area contributed by atoms with Crippen LogP contribution in [-0.4, -0.2) is 22.2 Å². The van der Waals surface area contributed by atoms with Gasteiger partial charge in [0.05, 0.1) is 5.60 Å². The fourth-order valence-electron chi connectivity index (χ4n) is 2.15. The molecular weight excluding hydrogens is 207 g/mol. The zero-order chi connectivity index (χ0) is 11.4. The van der Waals surface area contributed by atoms with Crippen LogP contribution in [0, 0.1) is 5.95 Å². The molecule has 2 rings (SSSR count). The van der Waals surface area contributed by atoms with E-state index in [2.05, 4.69) is 10.3 Å². The van der Waals surface area contributed by atoms with Gasteiger partial charge in [0.1, 0.15) is 5.82 Å². The Hall–Kier alpha value is -1.16. The zero-order valence-electron chi connectivity index (χ0n) is 9.25. The molecule has 0 aromatic carbocycles. The van der Waals surface area contributed by atoms with Crippen LogP contribution in [0.3, 0.4) is 0 Å². The number of aliphatic hydroxyl groups is 1. The van der Waals surface area contributed by atoms with Gasteiger partial charge in [-0.15, -0.1) is 0 Å². The zero-order valence-corrected chi connectivity index (χ0v) is 9.25. The van der Waals surface area contributed by atoms with Crippen LogP contribution in [0.5, 0.6) is 0 Å². The first kappa shape index (κ1) is 11.3. The Morgan fingerprint density at radius 1 is 1.31 bits per heavy atom. The molecule has 2 N–H and O–H groups in total. The van der Waals surface area contributed by atoms with Gasteiger partial charge in [-0.2, -0.15) is 4.39 Å². The van der Waals surface area contributed by atoms with Crippen LogP contribution in [0.25, 0.3) is 0 Å². The van der Waals surface area contributed by atoms with Crippen molar-refractivity contribution in [1.29, 1.82) is 0 Å². The lowest BCUT2D eigenvalue weighted by Crippen LogP contribution is -2.38. The third-order valence-corrected chi connectivity index (χ3v) is 3.10. The van der Waals surface area contributed by atoms with Gasteiger partial charge in [0, 0.05) is 6.54 Å². The number of pyridine rings is 1. The van der Waals surface area contributed by atoms with Crippen molar-refractivity contribution in [3.8, 4) is 0 Å². The van der Waals surface area contributed by atoms with Crippen LogP contribution in [0.2, 0.25) is 0 Å². The molecule has 0 aliphatic heterocycles. The number of hydrogen-bond acceptors (Lipinski definition) is 3. The molecule has 1 fully saturated rings. The summed E-state index contributed by atoms with van der Waals surface area (Å²) in [7, 11) is 0. The van der Waals surface area contributed by atoms with Gasteiger partial charge >= 0.3 is 0 Å². The van der Waals surface area contributed by atoms with Crippen molar-refractivity contribution in [2.24, 2.45) is 0 Å². The van der Waals surface area contributed by atoms with Gasteiger partial charge in [0.2, 0.25) is 5.95 Å². The van der Waals surface area contributed by atoms with Crippen molar-refractivity contribution in [2.75, 3.05) is 11.9 Å². The lowest BCUT2D eigenvalue weighted by molar-refractivity contribution is 0.0166. The molecule has 16 heavy (non-hydrogen) atoms. The second kappa shape index (κ2) is 4.78. The van der Waals surface area contributed by atoms with E-state index in [9.17, 15) is 9.50 Å². The summed E-state index contributed by atoms with van der Waals surface area (Å²) in [5.74, 6) is -0.0142. The van der Waals surface area contributed by atoms with Gasteiger partial charge < -0.3 is 10.4 Å². The van der Waals surface area contributed by atoms with Crippen molar-refractivity contribution in [1.82, 2.24) is 4.98 Å². The molecule has 1 saturated carbocycles. The Morgan fingerprint density at radius 2 is 2.06 bits per heavy atom. The fraction of sp³-hybridized carbons (Fsp3) is 0.583. The highest BCUT2D eigenvalue weighted by molar-refractivity contribution is 5.34. The van der Waals surface area contributed by atoms with E-state index in [1.54, 1.807) is 12.1 Å². The van der Waals surface area contributed by atoms with E-state index in [1.165, 1.54) is 12.5 Å². The predicted octanol–water partition coefficient (Wildman–Crippen LogP) is 2.33. The van der Waals surface area contributed by atoms with Crippen molar-refractivity contribution in [2.45, 2.75) is 37.7 Å². The van der Waals surface area contributed by atoms with Crippen molar-refractivity contribution in [3.63, 3.8) is 0 Å². The first-order valence-electron chi connectivity index (χ1n) is 5.77. The van der Waals surface area contributed by atoms with E-state index < -0.39 is 11.5 Å². The molecule has 0 radical (unpaired) electrons. The Morgan fingerprint density at radius 3 is 2.75 bits per heavy atom. The molecule has 1 aromatic rings. The molecule has 0 atom stereocenters. The summed E-state index contributed by atoms with van der Waals surface area (Å²) in [4.78, 5) is 3.70. The summed E-state index contributed by atoms with van der Waals surface area (Å²) in [6.45, 7) is 0.448. The van der Waals surface area contributed by atoms with Crippen LogP contribution in [0.4, 0.5) is 10.2 Å². The lowest BCUT2D eigenvalue weighted by Gasteiger charge is -2.32. The van der Waals surface area contributed by atoms with Crippen LogP contribution in [0.15, 0.2) is 18.2 Å². The van der Waals surface area contributed by atoms with Crippen molar-refractivity contribution >= 4 is 5.82 Å². The number of nitrogens with one attached hydrogen (secondary N) is 1. The topological polar surface area (TPSA) is 45.1 Å². The summed E-state index contributed by atoms with van der Waals surface area (Å²) in [5, 5.41) is 13.2. The molecule has 0 bridgehead atoms. The molecule has 1 aliphatic rings. The normalized spacial score (nSPS) is 19.4. The maximum Gasteiger partial charge on any atom is 0.214 e. The second-order valence-corrected chi connectivity index (χ2v) is 4.48. The molecule has 4 heteroatoms. The van der Waals surface area contributed by atoms with Gasteiger partial charge in [-0.25, -0.2) is 4.98 Å². The molecule has 1 heterocycles. The van der Waals surface area contributed by atoms with Crippen LogP contribution < -0.4 is 5.32 Å². The lowest BCUT2D eigenvalue weighted by atomic mass is 9.85. The molecular formula is C12H17FN2O. The fourth-order valence-corrected chi connectivity index (χ4v) is 2.15. The molecule has 0 unspecified atom stereocenters. The SMILES string of the molecule is OC1(CNc2cccc(F)n2)CCCCC1. The number of hydrogen-bond donors (Lipinski definition) is 2. The number of rotatable bonds is 3. The highest BCUT2D eigenvalue weighted by atomic mass is 19.1. The Balaban J connectivity index is 1.91. The number of nitrogens with zero attached hydrogens (tertiary/aromatic N) is 1. The smallest absolute Gasteiger partial charge is 0.214 e. The third-order valence-electron chi connectivity index (χ3n) is 3.10. The molecule has 1 aliphatic carbocycles. The summed E-state index contributed by atoms with van der Waals surface area (Å²) in [6, 6.07) is 4.62. The minimum absolute atomic E-state index is 0.448. The van der Waals surface area contributed by atoms with Crippen molar-refractivity contribution in [3.05, 3.63) is 24.1 Å². The molecule has 1 aromatic heterocycles. The average Bonchev–Trinajstić information content (AvgIpc) is 2.28. The predicted molar refractivity (Wildman–Crippen MR) is 60.7 cm³/mol. The van der Waals surface area contributed by atoms with E-state index in [4.69, 9.17) is 0 Å². The quantitative estimate of drug-likeness (QED) is 0.774. The van der Waals surface area contributed by atoms with Crippen LogP contribution in [0.1, 0.15) is 32.1 Å². The summed E-state index contributed by atoms with van der Waals surface area (Å²) >= 11 is 0. The maximum absolute atomic E-state index is 12.8. The Labute approximate surface area is 94.7 Å². The maximum atomic E-state index is 12.8. The summed E-state index contributed by atoms with van der Waals surface area (Å²) in [6.07, 6.45) is 4.95. The van der Waals surface area contributed by atoms with E-state index in [0.29, 0.717) is 12.4 Å². The summed E-state index contributed by atoms with van der Waals surface area (Å²) < 4.78 is 12.8. The Kier molecular flexibility index (Phi) is 3.39. The van der Waals surface area contributed by atoms with Crippen molar-refractivity contribution < 1.29 is 9.50 Å². The Bertz CT molecular complexity index is 351. The molecule has 0 saturated heterocycles. The van der Waals surface area contributed by atoms with Gasteiger partial charge in [-0.05, 0) is 25.0 Å². The molecule has 88 valence electrons. The average molecular weight is 224 g/mol. The van der Waals surface area contributed by atoms with Gasteiger partial charge in [-0.1, -0.05) is 25.3 Å². The minimum atomic E-state index is -0.647. The van der Waals surface area contributed by atoms with E-state index >= 15 is 0 Å². The molecule has 0 amide bonds. The second-order valence-electron chi connectivity index (χ2n) is 4.48. The summed E-state index contributed by atoms with van der Waals surface area (Å²) in [5.41, 5.74) is -0.647. The van der Waals surface area contributed by atoms with Gasteiger partial charge in [0.15, 0.2) is 0 Å². The van der Waals surface area contributed by atoms with E-state index in [0.717, 1.165) is 25.7 Å². The number of aromatic nitrogens is 1. The minimum Gasteiger partial charge on any atom is -0.388 e. The first-order chi connectivity index (χ1) is 7.68. The van der Waals surface area contributed by atoms with Gasteiger partial charge in [-0.3, -0.25) is 0 Å². The van der Waals surface area contributed by atoms with Crippen LogP contribution in [-0.2, 0) is 0 Å². The number of anilines is 1. The third kappa shape index (κ3) is 2.92. The largest absolute Gasteiger partial charge is 0.388 e. The van der Waals surface area contributed by atoms with Gasteiger partial charge in [0.25, 0.3) is 0 Å². The molecule has 3 nitrogen and oxygen atoms in total.